The molecule has 1 atom stereocenters. The molecule has 0 saturated carbocycles. The Balaban J connectivity index is 0.000000130. The second-order valence-electron chi connectivity index (χ2n) is 32.9. The lowest BCUT2D eigenvalue weighted by atomic mass is 9.99. The van der Waals surface area contributed by atoms with E-state index in [1.54, 1.807) is 31.1 Å². The van der Waals surface area contributed by atoms with Gasteiger partial charge in [-0.25, -0.2) is 18.7 Å². The Kier molecular flexibility index (Phi) is 30.0. The smallest absolute Gasteiger partial charge is 0.244 e. The molecule has 31 heteroatoms. The summed E-state index contributed by atoms with van der Waals surface area (Å²) in [6.07, 6.45) is 14.7. The highest BCUT2D eigenvalue weighted by Crippen LogP contribution is 2.43. The Morgan fingerprint density at radius 1 is 0.388 bits per heavy atom. The molecule has 20 rings (SSSR count). The summed E-state index contributed by atoms with van der Waals surface area (Å²) in [6, 6.07) is 82.3. The van der Waals surface area contributed by atoms with Gasteiger partial charge in [-0.05, 0) is 84.4 Å². The van der Waals surface area contributed by atoms with Crippen molar-refractivity contribution in [3.05, 3.63) is 293 Å². The number of hydrogen-bond donors (Lipinski definition) is 2. The molecule has 0 spiro atoms. The van der Waals surface area contributed by atoms with Crippen LogP contribution in [0.2, 0.25) is 20.1 Å². The summed E-state index contributed by atoms with van der Waals surface area (Å²) in [6.45, 7) is 5.31. The zero-order chi connectivity index (χ0) is 91.9. The van der Waals surface area contributed by atoms with E-state index < -0.39 is 0 Å². The van der Waals surface area contributed by atoms with Gasteiger partial charge in [0, 0.05) is 108 Å². The number of nitrogens with zero attached hydrogens (tertiary/aromatic N) is 21. The van der Waals surface area contributed by atoms with Crippen molar-refractivity contribution in [2.75, 3.05) is 60.4 Å². The average Bonchev–Trinajstić information content (AvgIpc) is 1.62. The summed E-state index contributed by atoms with van der Waals surface area (Å²) in [5.41, 5.74) is 15.0. The minimum Gasteiger partial charge on any atom is -0.352 e. The van der Waals surface area contributed by atoms with Gasteiger partial charge in [0.25, 0.3) is 0 Å². The van der Waals surface area contributed by atoms with Crippen LogP contribution in [0.3, 0.4) is 0 Å². The lowest BCUT2D eigenvalue weighted by Gasteiger charge is -2.35. The number of hydrogen-bond acceptors (Lipinski definition) is 19. The number of terminal acetylenes is 1. The van der Waals surface area contributed by atoms with Crippen LogP contribution >= 0.6 is 46.4 Å². The number of benzene rings is 8. The molecular weight excluding hydrogens is 1770 g/mol. The van der Waals surface area contributed by atoms with Crippen LogP contribution in [0.1, 0.15) is 51.5 Å². The van der Waals surface area contributed by atoms with Gasteiger partial charge in [0.15, 0.2) is 22.6 Å². The van der Waals surface area contributed by atoms with Crippen LogP contribution in [-0.2, 0) is 51.9 Å². The molecule has 3 fully saturated rings. The van der Waals surface area contributed by atoms with E-state index in [1.165, 1.54) is 0 Å². The maximum atomic E-state index is 13.2. The first-order valence-electron chi connectivity index (χ1n) is 43.9. The predicted octanol–water partition coefficient (Wildman–Crippen LogP) is 18.2. The molecule has 3 aliphatic heterocycles. The average molecular weight is 1860 g/mol. The van der Waals surface area contributed by atoms with E-state index in [1.807, 2.05) is 265 Å². The fourth-order valence-electron chi connectivity index (χ4n) is 16.7. The van der Waals surface area contributed by atoms with E-state index >= 15 is 0 Å². The maximum absolute atomic E-state index is 13.2. The zero-order valence-electron chi connectivity index (χ0n) is 73.3. The molecule has 9 aromatic heterocycles. The third-order valence-electron chi connectivity index (χ3n) is 23.8. The number of amides is 4. The summed E-state index contributed by atoms with van der Waals surface area (Å²) < 4.78 is 6.40. The third kappa shape index (κ3) is 21.2. The molecule has 3 saturated heterocycles. The van der Waals surface area contributed by atoms with Crippen molar-refractivity contribution in [2.24, 2.45) is 5.92 Å². The lowest BCUT2D eigenvalue weighted by Crippen LogP contribution is -2.45. The Morgan fingerprint density at radius 3 is 1.03 bits per heavy atom. The highest BCUT2D eigenvalue weighted by molar-refractivity contribution is 6.40. The molecule has 12 heterocycles. The van der Waals surface area contributed by atoms with Gasteiger partial charge in [-0.1, -0.05) is 303 Å². The summed E-state index contributed by atoms with van der Waals surface area (Å²) in [4.78, 5) is 64.1. The largest absolute Gasteiger partial charge is 0.352 e. The maximum Gasteiger partial charge on any atom is 0.244 e. The molecule has 0 radical (unpaired) electrons. The van der Waals surface area contributed by atoms with Gasteiger partial charge < -0.3 is 30.2 Å². The van der Waals surface area contributed by atoms with Gasteiger partial charge in [-0.3, -0.25) is 24.2 Å². The number of piperidine rings is 3. The number of rotatable bonds is 20. The summed E-state index contributed by atoms with van der Waals surface area (Å²) in [5, 5.41) is 65.1. The number of aromatic nitrogens is 17. The molecule has 27 nitrogen and oxygen atoms in total. The van der Waals surface area contributed by atoms with Crippen molar-refractivity contribution in [1.82, 2.24) is 115 Å². The normalized spacial score (nSPS) is 14.1. The van der Waals surface area contributed by atoms with E-state index in [9.17, 15) is 19.2 Å². The van der Waals surface area contributed by atoms with E-state index in [0.717, 1.165) is 115 Å². The Hall–Kier alpha value is -14.4. The van der Waals surface area contributed by atoms with Crippen LogP contribution in [0, 0.1) is 18.3 Å². The molecule has 134 heavy (non-hydrogen) atoms. The number of nitrogens with one attached hydrogen (secondary N) is 2. The summed E-state index contributed by atoms with van der Waals surface area (Å²) in [5.74, 6) is 2.59. The number of halogens is 4. The van der Waals surface area contributed by atoms with Crippen molar-refractivity contribution in [1.29, 1.82) is 0 Å². The van der Waals surface area contributed by atoms with E-state index in [4.69, 9.17) is 73.2 Å². The van der Waals surface area contributed by atoms with Crippen LogP contribution in [0.5, 0.6) is 0 Å². The minimum absolute atomic E-state index is 0. The first-order chi connectivity index (χ1) is 65.0. The summed E-state index contributed by atoms with van der Waals surface area (Å²) in [7, 11) is 6.29. The number of fused-ring (bicyclic) bond motifs is 4. The topological polar surface area (TPSA) is 293 Å². The molecule has 8 aromatic carbocycles. The van der Waals surface area contributed by atoms with Crippen LogP contribution < -0.4 is 10.6 Å². The summed E-state index contributed by atoms with van der Waals surface area (Å²) >= 11 is 27.6. The highest BCUT2D eigenvalue weighted by atomic mass is 35.5. The minimum atomic E-state index is -0.201. The second-order valence-corrected chi connectivity index (χ2v) is 34.4. The van der Waals surface area contributed by atoms with E-state index in [-0.39, 0.29) is 69.2 Å². The lowest BCUT2D eigenvalue weighted by molar-refractivity contribution is -0.134. The van der Waals surface area contributed by atoms with Gasteiger partial charge in [-0.15, -0.1) is 53.1 Å². The Labute approximate surface area is 795 Å². The van der Waals surface area contributed by atoms with Crippen molar-refractivity contribution < 1.29 is 19.2 Å². The third-order valence-corrected chi connectivity index (χ3v) is 25.3. The monoisotopic (exact) mass is 1860 g/mol. The van der Waals surface area contributed by atoms with Gasteiger partial charge in [0.05, 0.1) is 41.6 Å². The molecule has 676 valence electrons. The Bertz CT molecular complexity index is 6990. The zero-order valence-corrected chi connectivity index (χ0v) is 76.3. The molecule has 1 unspecified atom stereocenters. The van der Waals surface area contributed by atoms with Crippen LogP contribution in [0.15, 0.2) is 267 Å². The molecule has 17 aromatic rings. The van der Waals surface area contributed by atoms with Crippen LogP contribution in [0.25, 0.3) is 134 Å². The molecule has 2 N–H and O–H groups in total. The quantitative estimate of drug-likeness (QED) is 0.0670. The SMILES string of the molecule is C.C#CC1CCCN(C(=O)Cn2nc(-c3ccccc3)c3c(Cl)c(-c4ccccc4)nnc32)C1.CN(C)C1CCN(C(=O)Cn2nc(-c3ccccc3)c3c(Cl)c(-c4ccccc4)nnc32)CC1.CN1CCC(NC(=O)Cn2nc(-c3ccccc3)c3c(Cl)c(-c4ccccc4)nnc32)CC1.O=C(Cn1nc(-c2ccccc2)c2c(Cl)c(-c3ccccc3)nnc21)NCc1cccnc1. The number of likely N-dealkylation sites (tertiary alicyclic amines) is 3. The van der Waals surface area contributed by atoms with Crippen LogP contribution in [-0.4, -0.2) is 201 Å². The molecule has 4 amide bonds. The molecule has 0 bridgehead atoms. The van der Waals surface area contributed by atoms with Gasteiger partial charge in [0.2, 0.25) is 23.6 Å². The van der Waals surface area contributed by atoms with Gasteiger partial charge >= 0.3 is 0 Å². The van der Waals surface area contributed by atoms with Crippen molar-refractivity contribution in [3.8, 4) is 102 Å². The fourth-order valence-corrected chi connectivity index (χ4v) is 18.0. The van der Waals surface area contributed by atoms with Crippen molar-refractivity contribution >= 4 is 114 Å². The highest BCUT2D eigenvalue weighted by Gasteiger charge is 2.32. The number of carbonyl (C=O) groups excluding carboxylic acids is 4. The van der Waals surface area contributed by atoms with E-state index in [2.05, 4.69) is 93.3 Å². The number of carbonyl (C=O) groups is 4. The van der Waals surface area contributed by atoms with Crippen molar-refractivity contribution in [2.45, 2.75) is 90.8 Å². The first kappa shape index (κ1) is 92.9. The standard InChI is InChI=1S/C26H27ClN6O.C26H22ClN5O.C25H25ClN6O.C25H19ClN6O.CH4/c1-31(2)20-13-15-32(16-14-20)21(34)17-33-26-22(24(30-33)18-9-5-3-6-10-18)23(27)25(28-29-26)19-11-7-4-8-12-19;1-2-18-10-9-15-31(16-18)21(33)17-32-26-22(24(30-32)19-11-5-3-6-12-19)23(27)25(28-29-26)20-13-7-4-8-14-20;1-31-14-12-19(13-15-31)27-20(33)16-32-25-21(23(30-32)17-8-4-2-5-9-17)22(26)24(28-29-25)18-10-6-3-7-11-18;26-22-21-23(18-9-3-1-4-10-18)31-32(16-20(33)28-15-17-8-7-13-27-14-17)25(21)30-29-24(22)19-11-5-2-6-12-19;/h3-12,20H,13-17H2,1-2H3;1,3-8,11-14,18H,9-10,15-17H2;2-11,19H,12-16H2,1H3,(H,27,33);1-14H,15-16H2,(H,28,33);1H4. The van der Waals surface area contributed by atoms with Gasteiger partial charge in [-0.2, -0.15) is 20.4 Å². The van der Waals surface area contributed by atoms with Crippen LogP contribution in [0.4, 0.5) is 0 Å². The predicted molar refractivity (Wildman–Crippen MR) is 528 cm³/mol. The molecule has 0 aliphatic carbocycles. The first-order valence-corrected chi connectivity index (χ1v) is 45.5. The van der Waals surface area contributed by atoms with E-state index in [0.29, 0.717) is 135 Å². The van der Waals surface area contributed by atoms with Gasteiger partial charge in [0.1, 0.15) is 71.7 Å². The Morgan fingerprint density at radius 2 is 0.709 bits per heavy atom. The molecular formula is C103H97Cl4N23O4. The van der Waals surface area contributed by atoms with Crippen molar-refractivity contribution in [3.63, 3.8) is 0 Å². The second kappa shape index (κ2) is 43.3. The fraction of sp³-hybridized carbons (Fsp3) is 0.233. The number of pyridine rings is 1. The molecule has 3 aliphatic rings.